The predicted molar refractivity (Wildman–Crippen MR) is 83.4 cm³/mol. The van der Waals surface area contributed by atoms with Crippen molar-refractivity contribution >= 4 is 29.1 Å². The summed E-state index contributed by atoms with van der Waals surface area (Å²) < 4.78 is 0. The number of nitrogens with zero attached hydrogens (tertiary/aromatic N) is 1. The molecule has 0 spiro atoms. The lowest BCUT2D eigenvalue weighted by Crippen LogP contribution is -2.40. The quantitative estimate of drug-likeness (QED) is 0.590. The molecule has 2 bridgehead atoms. The summed E-state index contributed by atoms with van der Waals surface area (Å²) in [6.07, 6.45) is 5.57. The fourth-order valence-corrected chi connectivity index (χ4v) is 5.11. The van der Waals surface area contributed by atoms with Crippen LogP contribution in [0.1, 0.15) is 12.0 Å². The minimum atomic E-state index is -0.147. The van der Waals surface area contributed by atoms with Crippen LogP contribution < -0.4 is 4.90 Å². The molecule has 3 fully saturated rings. The van der Waals surface area contributed by atoms with Crippen molar-refractivity contribution < 1.29 is 9.59 Å². The Hall–Kier alpha value is -1.61. The fourth-order valence-electron chi connectivity index (χ4n) is 4.93. The van der Waals surface area contributed by atoms with E-state index in [2.05, 4.69) is 12.2 Å². The molecule has 0 N–H and O–H groups in total. The highest BCUT2D eigenvalue weighted by atomic mass is 35.5. The molecule has 112 valence electrons. The first-order valence-corrected chi connectivity index (χ1v) is 8.28. The van der Waals surface area contributed by atoms with Crippen molar-refractivity contribution in [3.8, 4) is 0 Å². The minimum absolute atomic E-state index is 0.0281. The predicted octanol–water partition coefficient (Wildman–Crippen LogP) is 3.21. The molecule has 2 amide bonds. The van der Waals surface area contributed by atoms with Gasteiger partial charge in [0.2, 0.25) is 11.8 Å². The second kappa shape index (κ2) is 4.02. The molecule has 1 aliphatic heterocycles. The highest BCUT2D eigenvalue weighted by Crippen LogP contribution is 2.65. The second-order valence-corrected chi connectivity index (χ2v) is 7.51. The normalized spacial score (nSPS) is 40.9. The van der Waals surface area contributed by atoms with Gasteiger partial charge in [-0.2, -0.15) is 0 Å². The SMILES string of the molecule is Cc1ccc(N2C(=O)[C@@H]3[C@H]4C=C[C@H]([C@H]5C[C@H]45)[C@@H]3C2=O)cc1Cl. The van der Waals surface area contributed by atoms with Gasteiger partial charge in [-0.25, -0.2) is 4.90 Å². The first-order chi connectivity index (χ1) is 10.6. The lowest BCUT2D eigenvalue weighted by Gasteiger charge is -2.37. The van der Waals surface area contributed by atoms with E-state index in [1.165, 1.54) is 11.3 Å². The number of benzene rings is 1. The first kappa shape index (κ1) is 12.9. The molecule has 22 heavy (non-hydrogen) atoms. The molecule has 1 saturated heterocycles. The number of hydrogen-bond acceptors (Lipinski definition) is 2. The Labute approximate surface area is 133 Å². The number of imide groups is 1. The van der Waals surface area contributed by atoms with Crippen molar-refractivity contribution in [3.05, 3.63) is 40.9 Å². The second-order valence-electron chi connectivity index (χ2n) is 7.10. The molecule has 1 heterocycles. The van der Waals surface area contributed by atoms with E-state index < -0.39 is 0 Å². The van der Waals surface area contributed by atoms with Crippen molar-refractivity contribution in [2.45, 2.75) is 13.3 Å². The van der Waals surface area contributed by atoms with Gasteiger partial charge in [0.15, 0.2) is 0 Å². The van der Waals surface area contributed by atoms with Crippen LogP contribution in [0.15, 0.2) is 30.4 Å². The third kappa shape index (κ3) is 1.43. The summed E-state index contributed by atoms with van der Waals surface area (Å²) in [6.45, 7) is 1.91. The summed E-state index contributed by atoms with van der Waals surface area (Å²) in [5, 5.41) is 0.594. The zero-order valence-electron chi connectivity index (χ0n) is 12.2. The molecule has 2 saturated carbocycles. The van der Waals surface area contributed by atoms with E-state index in [0.29, 0.717) is 22.5 Å². The van der Waals surface area contributed by atoms with Crippen molar-refractivity contribution in [1.29, 1.82) is 0 Å². The number of amides is 2. The van der Waals surface area contributed by atoms with Crippen molar-refractivity contribution in [3.63, 3.8) is 0 Å². The van der Waals surface area contributed by atoms with E-state index in [4.69, 9.17) is 11.6 Å². The van der Waals surface area contributed by atoms with Crippen LogP contribution in [0.4, 0.5) is 5.69 Å². The Balaban J connectivity index is 1.58. The standard InChI is InChI=1S/C18H16ClNO2/c1-8-2-3-9(6-14(8)19)20-17(21)15-10-4-5-11(13-7-12(10)13)16(15)18(20)22/h2-6,10-13,15-16H,7H2,1H3/t10-,11+,12-,13-,15+,16-/m1/s1. The largest absolute Gasteiger partial charge is 0.274 e. The number of anilines is 1. The third-order valence-corrected chi connectivity index (χ3v) is 6.48. The number of carbonyl (C=O) groups excluding carboxylic acids is 2. The molecule has 1 aromatic rings. The van der Waals surface area contributed by atoms with Crippen molar-refractivity contribution in [1.82, 2.24) is 0 Å². The van der Waals surface area contributed by atoms with Crippen LogP contribution in [-0.2, 0) is 9.59 Å². The van der Waals surface area contributed by atoms with Crippen LogP contribution in [0.5, 0.6) is 0 Å². The number of rotatable bonds is 1. The van der Waals surface area contributed by atoms with Crippen LogP contribution in [0.2, 0.25) is 5.02 Å². The number of halogens is 1. The van der Waals surface area contributed by atoms with Crippen molar-refractivity contribution in [2.75, 3.05) is 4.90 Å². The Kier molecular flexibility index (Phi) is 2.35. The van der Waals surface area contributed by atoms with Crippen LogP contribution in [0.3, 0.4) is 0 Å². The lowest BCUT2D eigenvalue weighted by molar-refractivity contribution is -0.124. The molecule has 6 atom stereocenters. The van der Waals surface area contributed by atoms with E-state index in [1.54, 1.807) is 6.07 Å². The molecule has 0 aromatic heterocycles. The van der Waals surface area contributed by atoms with Gasteiger partial charge in [-0.1, -0.05) is 29.8 Å². The van der Waals surface area contributed by atoms with Gasteiger partial charge in [-0.3, -0.25) is 9.59 Å². The van der Waals surface area contributed by atoms with E-state index in [9.17, 15) is 9.59 Å². The smallest absolute Gasteiger partial charge is 0.238 e. The average Bonchev–Trinajstić information content (AvgIpc) is 3.28. The molecule has 1 aromatic carbocycles. The lowest BCUT2D eigenvalue weighted by atomic mass is 9.63. The highest BCUT2D eigenvalue weighted by molar-refractivity contribution is 6.32. The number of hydrogen-bond donors (Lipinski definition) is 0. The van der Waals surface area contributed by atoms with Gasteiger partial charge in [0.25, 0.3) is 0 Å². The van der Waals surface area contributed by atoms with Gasteiger partial charge in [-0.15, -0.1) is 0 Å². The molecular weight excluding hydrogens is 298 g/mol. The summed E-state index contributed by atoms with van der Waals surface area (Å²) in [5.74, 6) is 1.45. The molecule has 0 unspecified atom stereocenters. The number of allylic oxidation sites excluding steroid dienone is 2. The number of carbonyl (C=O) groups is 2. The summed E-state index contributed by atoms with van der Waals surface area (Å²) in [4.78, 5) is 27.2. The maximum Gasteiger partial charge on any atom is 0.238 e. The Morgan fingerprint density at radius 2 is 1.64 bits per heavy atom. The van der Waals surface area contributed by atoms with Gasteiger partial charge in [0.1, 0.15) is 0 Å². The Bertz CT molecular complexity index is 719. The van der Waals surface area contributed by atoms with Crippen LogP contribution >= 0.6 is 11.6 Å². The van der Waals surface area contributed by atoms with E-state index in [0.717, 1.165) is 5.56 Å². The molecule has 0 radical (unpaired) electrons. The van der Waals surface area contributed by atoms with Crippen molar-refractivity contribution in [2.24, 2.45) is 35.5 Å². The Morgan fingerprint density at radius 3 is 2.18 bits per heavy atom. The van der Waals surface area contributed by atoms with E-state index in [-0.39, 0.29) is 35.5 Å². The average molecular weight is 314 g/mol. The zero-order chi connectivity index (χ0) is 15.2. The molecular formula is C18H16ClNO2. The highest BCUT2D eigenvalue weighted by Gasteiger charge is 2.67. The van der Waals surface area contributed by atoms with Crippen LogP contribution in [-0.4, -0.2) is 11.8 Å². The molecule has 5 aliphatic rings. The monoisotopic (exact) mass is 313 g/mol. The molecule has 3 nitrogen and oxygen atoms in total. The fraction of sp³-hybridized carbons (Fsp3) is 0.444. The third-order valence-electron chi connectivity index (χ3n) is 6.08. The van der Waals surface area contributed by atoms with Gasteiger partial charge in [-0.05, 0) is 54.7 Å². The van der Waals surface area contributed by atoms with Gasteiger partial charge < -0.3 is 0 Å². The first-order valence-electron chi connectivity index (χ1n) is 7.90. The van der Waals surface area contributed by atoms with E-state index in [1.807, 2.05) is 19.1 Å². The zero-order valence-corrected chi connectivity index (χ0v) is 13.0. The maximum absolute atomic E-state index is 12.9. The summed E-state index contributed by atoms with van der Waals surface area (Å²) in [7, 11) is 0. The van der Waals surface area contributed by atoms with Gasteiger partial charge >= 0.3 is 0 Å². The summed E-state index contributed by atoms with van der Waals surface area (Å²) in [6, 6.07) is 5.43. The molecule has 4 heteroatoms. The summed E-state index contributed by atoms with van der Waals surface area (Å²) in [5.41, 5.74) is 1.57. The van der Waals surface area contributed by atoms with Crippen LogP contribution in [0.25, 0.3) is 0 Å². The molecule has 4 aliphatic carbocycles. The topological polar surface area (TPSA) is 37.4 Å². The van der Waals surface area contributed by atoms with Gasteiger partial charge in [0, 0.05) is 5.02 Å². The minimum Gasteiger partial charge on any atom is -0.274 e. The number of aryl methyl sites for hydroxylation is 1. The van der Waals surface area contributed by atoms with Gasteiger partial charge in [0.05, 0.1) is 17.5 Å². The summed E-state index contributed by atoms with van der Waals surface area (Å²) >= 11 is 6.18. The Morgan fingerprint density at radius 1 is 1.05 bits per heavy atom. The maximum atomic E-state index is 12.9. The van der Waals surface area contributed by atoms with Crippen LogP contribution in [0, 0.1) is 42.4 Å². The van der Waals surface area contributed by atoms with E-state index >= 15 is 0 Å². The molecule has 6 rings (SSSR count).